The summed E-state index contributed by atoms with van der Waals surface area (Å²) in [7, 11) is 0. The number of ether oxygens (including phenoxy) is 2. The molecule has 3 aromatic rings. The molecule has 0 aliphatic heterocycles. The molecule has 344 valence electrons. The van der Waals surface area contributed by atoms with Crippen molar-refractivity contribution in [3.63, 3.8) is 0 Å². The molecule has 6 nitrogen and oxygen atoms in total. The van der Waals surface area contributed by atoms with Crippen molar-refractivity contribution < 1.29 is 46.1 Å². The van der Waals surface area contributed by atoms with Crippen molar-refractivity contribution in [3.8, 4) is 0 Å². The molecule has 0 aromatic heterocycles. The SMILES string of the molecule is CC(C)(C)OC(=O)CC1CCCC(F)(Cc2ccccc2F)C1.CC(C)(C)OC(=O)CC1CCCC(O)(Cc2ccccc2F)C1.NC1CCCC(F)(Cc2ccccc2F)C1. The van der Waals surface area contributed by atoms with Crippen molar-refractivity contribution in [2.45, 2.75) is 185 Å². The number of esters is 2. The zero-order valence-corrected chi connectivity index (χ0v) is 37.7. The van der Waals surface area contributed by atoms with Gasteiger partial charge >= 0.3 is 11.9 Å². The van der Waals surface area contributed by atoms with Crippen molar-refractivity contribution >= 4 is 11.9 Å². The maximum absolute atomic E-state index is 15.2. The second-order valence-corrected chi connectivity index (χ2v) is 20.2. The summed E-state index contributed by atoms with van der Waals surface area (Å²) in [5, 5.41) is 10.8. The van der Waals surface area contributed by atoms with Crippen LogP contribution in [-0.2, 0) is 38.3 Å². The third-order valence-corrected chi connectivity index (χ3v) is 11.8. The first kappa shape index (κ1) is 50.8. The van der Waals surface area contributed by atoms with Gasteiger partial charge in [0.25, 0.3) is 0 Å². The topological polar surface area (TPSA) is 98.8 Å². The van der Waals surface area contributed by atoms with E-state index in [4.69, 9.17) is 15.2 Å². The summed E-state index contributed by atoms with van der Waals surface area (Å²) in [6, 6.07) is 19.2. The van der Waals surface area contributed by atoms with Crippen LogP contribution in [0.1, 0.15) is 148 Å². The van der Waals surface area contributed by atoms with E-state index in [1.807, 2.05) is 41.5 Å². The largest absolute Gasteiger partial charge is 0.460 e. The summed E-state index contributed by atoms with van der Waals surface area (Å²) in [5.41, 5.74) is 2.46. The minimum Gasteiger partial charge on any atom is -0.460 e. The molecule has 0 saturated heterocycles. The molecule has 3 N–H and O–H groups in total. The molecule has 62 heavy (non-hydrogen) atoms. The molecule has 0 bridgehead atoms. The lowest BCUT2D eigenvalue weighted by molar-refractivity contribution is -0.158. The fourth-order valence-electron chi connectivity index (χ4n) is 9.28. The molecule has 0 amide bonds. The average Bonchev–Trinajstić information content (AvgIpc) is 3.13. The van der Waals surface area contributed by atoms with E-state index >= 15 is 4.39 Å². The molecule has 6 unspecified atom stereocenters. The van der Waals surface area contributed by atoms with E-state index in [-0.39, 0.29) is 66.5 Å². The van der Waals surface area contributed by atoms with E-state index in [1.165, 1.54) is 18.2 Å². The zero-order chi connectivity index (χ0) is 45.8. The Labute approximate surface area is 366 Å². The number of carbonyl (C=O) groups is 2. The Hall–Kier alpha value is -3.83. The number of hydrogen-bond donors (Lipinski definition) is 2. The number of halogens is 5. The molecule has 0 radical (unpaired) electrons. The Morgan fingerprint density at radius 3 is 1.39 bits per heavy atom. The number of nitrogens with two attached hydrogens (primary N) is 1. The van der Waals surface area contributed by atoms with Crippen molar-refractivity contribution in [2.24, 2.45) is 17.6 Å². The summed E-state index contributed by atoms with van der Waals surface area (Å²) >= 11 is 0. The van der Waals surface area contributed by atoms with Gasteiger partial charge < -0.3 is 20.3 Å². The molecule has 3 fully saturated rings. The van der Waals surface area contributed by atoms with Crippen LogP contribution in [-0.4, -0.2) is 51.2 Å². The predicted octanol–water partition coefficient (Wildman–Crippen LogP) is 12.0. The fraction of sp³-hybridized carbons (Fsp3) is 0.608. The molecule has 6 atom stereocenters. The minimum absolute atomic E-state index is 0.0321. The molecule has 11 heteroatoms. The second-order valence-electron chi connectivity index (χ2n) is 20.2. The molecule has 3 aromatic carbocycles. The summed E-state index contributed by atoms with van der Waals surface area (Å²) < 4.78 is 81.3. The van der Waals surface area contributed by atoms with Crippen LogP contribution in [0.5, 0.6) is 0 Å². The van der Waals surface area contributed by atoms with Crippen LogP contribution in [0.25, 0.3) is 0 Å². The lowest BCUT2D eigenvalue weighted by atomic mass is 9.74. The predicted molar refractivity (Wildman–Crippen MR) is 234 cm³/mol. The van der Waals surface area contributed by atoms with Gasteiger partial charge in [-0.3, -0.25) is 9.59 Å². The van der Waals surface area contributed by atoms with Crippen molar-refractivity contribution in [1.29, 1.82) is 0 Å². The minimum atomic E-state index is -1.44. The molecule has 3 aliphatic carbocycles. The smallest absolute Gasteiger partial charge is 0.306 e. The van der Waals surface area contributed by atoms with E-state index in [1.54, 1.807) is 54.6 Å². The van der Waals surface area contributed by atoms with Gasteiger partial charge in [0, 0.05) is 38.1 Å². The number of hydrogen-bond acceptors (Lipinski definition) is 6. The molecular formula is C51H70F5NO5. The Balaban J connectivity index is 0.000000208. The number of benzene rings is 3. The summed E-state index contributed by atoms with van der Waals surface area (Å²) in [5.74, 6) is -1.41. The number of alkyl halides is 2. The Kier molecular flexibility index (Phi) is 18.2. The highest BCUT2D eigenvalue weighted by Crippen LogP contribution is 2.41. The lowest BCUT2D eigenvalue weighted by Crippen LogP contribution is -2.39. The molecule has 3 saturated carbocycles. The van der Waals surface area contributed by atoms with Gasteiger partial charge in [0.1, 0.15) is 40.0 Å². The molecule has 6 rings (SSSR count). The van der Waals surface area contributed by atoms with E-state index in [9.17, 15) is 32.3 Å². The van der Waals surface area contributed by atoms with Gasteiger partial charge in [-0.15, -0.1) is 0 Å². The van der Waals surface area contributed by atoms with Gasteiger partial charge in [-0.25, -0.2) is 22.0 Å². The Bertz CT molecular complexity index is 1800. The highest BCUT2D eigenvalue weighted by Gasteiger charge is 2.39. The maximum Gasteiger partial charge on any atom is 0.306 e. The monoisotopic (exact) mass is 872 g/mol. The highest BCUT2D eigenvalue weighted by molar-refractivity contribution is 5.70. The van der Waals surface area contributed by atoms with E-state index in [0.717, 1.165) is 38.5 Å². The Morgan fingerprint density at radius 1 is 0.597 bits per heavy atom. The van der Waals surface area contributed by atoms with Gasteiger partial charge in [-0.05, 0) is 159 Å². The van der Waals surface area contributed by atoms with Crippen molar-refractivity contribution in [2.75, 3.05) is 0 Å². The normalized spacial score (nSPS) is 26.5. The van der Waals surface area contributed by atoms with Gasteiger partial charge in [0.2, 0.25) is 0 Å². The van der Waals surface area contributed by atoms with Crippen LogP contribution in [0.3, 0.4) is 0 Å². The van der Waals surface area contributed by atoms with Crippen LogP contribution in [0.15, 0.2) is 72.8 Å². The van der Waals surface area contributed by atoms with E-state index in [2.05, 4.69) is 0 Å². The first-order valence-corrected chi connectivity index (χ1v) is 22.4. The average molecular weight is 872 g/mol. The fourth-order valence-corrected chi connectivity index (χ4v) is 9.28. The summed E-state index contributed by atoms with van der Waals surface area (Å²) in [6.07, 6.45) is 8.75. The van der Waals surface area contributed by atoms with E-state index < -0.39 is 28.1 Å². The standard InChI is InChI=1S/C19H26F2O2.C19H27FO3.C13H17F2N/c1-18(2,3)23-17(22)11-14-7-6-10-19(21,12-14)13-15-8-4-5-9-16(15)20;1-18(2,3)23-17(21)11-14-7-6-10-19(22,12-14)13-15-8-4-5-9-16(15)20;14-12-6-2-1-4-10(12)8-13(15)7-3-5-11(16)9-13/h4-5,8-9,14H,6-7,10-13H2,1-3H3;4-5,8-9,14,22H,6-7,10-13H2,1-3H3;1-2,4,6,11H,3,5,7-9,16H2. The van der Waals surface area contributed by atoms with Gasteiger partial charge in [0.05, 0.1) is 5.60 Å². The Morgan fingerprint density at radius 2 is 0.968 bits per heavy atom. The van der Waals surface area contributed by atoms with Crippen LogP contribution in [0, 0.1) is 29.3 Å². The molecule has 0 spiro atoms. The quantitative estimate of drug-likeness (QED) is 0.156. The van der Waals surface area contributed by atoms with Gasteiger partial charge in [0.15, 0.2) is 0 Å². The van der Waals surface area contributed by atoms with Crippen LogP contribution in [0.2, 0.25) is 0 Å². The first-order valence-electron chi connectivity index (χ1n) is 22.4. The number of rotatable bonds is 10. The summed E-state index contributed by atoms with van der Waals surface area (Å²) in [6.45, 7) is 11.0. The first-order chi connectivity index (χ1) is 28.9. The zero-order valence-electron chi connectivity index (χ0n) is 37.7. The van der Waals surface area contributed by atoms with Gasteiger partial charge in [-0.1, -0.05) is 61.0 Å². The van der Waals surface area contributed by atoms with Crippen molar-refractivity contribution in [3.05, 3.63) is 107 Å². The second kappa shape index (κ2) is 22.2. The molecular weight excluding hydrogens is 802 g/mol. The lowest BCUT2D eigenvalue weighted by Gasteiger charge is -2.37. The van der Waals surface area contributed by atoms with Crippen LogP contribution < -0.4 is 5.73 Å². The van der Waals surface area contributed by atoms with Gasteiger partial charge in [-0.2, -0.15) is 0 Å². The van der Waals surface area contributed by atoms with Crippen molar-refractivity contribution in [1.82, 2.24) is 0 Å². The molecule has 3 aliphatic rings. The number of carbonyl (C=O) groups excluding carboxylic acids is 2. The summed E-state index contributed by atoms with van der Waals surface area (Å²) in [4.78, 5) is 23.9. The van der Waals surface area contributed by atoms with E-state index in [0.29, 0.717) is 68.1 Å². The highest BCUT2D eigenvalue weighted by atomic mass is 19.2. The molecule has 0 heterocycles. The van der Waals surface area contributed by atoms with Crippen LogP contribution >= 0.6 is 0 Å². The third kappa shape index (κ3) is 17.7. The van der Waals surface area contributed by atoms with Crippen LogP contribution in [0.4, 0.5) is 22.0 Å². The maximum atomic E-state index is 15.2. The third-order valence-electron chi connectivity index (χ3n) is 11.8. The number of aliphatic hydroxyl groups is 1.